The van der Waals surface area contributed by atoms with Gasteiger partial charge in [-0.25, -0.2) is 0 Å². The molecule has 0 saturated heterocycles. The lowest BCUT2D eigenvalue weighted by molar-refractivity contribution is -0.138. The maximum absolute atomic E-state index is 12.8. The standard InChI is InChI=1S/C13H11F3N2O/c1-17-9-6-10(8-18-7-9)19-12-5-3-2-4-11(12)13(14,15)16/h2-8,17H,1H3. The van der Waals surface area contributed by atoms with Gasteiger partial charge in [-0.1, -0.05) is 12.1 Å². The van der Waals surface area contributed by atoms with Crippen LogP contribution in [0.25, 0.3) is 0 Å². The fraction of sp³-hybridized carbons (Fsp3) is 0.154. The number of ether oxygens (including phenoxy) is 1. The van der Waals surface area contributed by atoms with Crippen molar-refractivity contribution in [1.29, 1.82) is 0 Å². The van der Waals surface area contributed by atoms with Crippen molar-refractivity contribution in [1.82, 2.24) is 4.98 Å². The summed E-state index contributed by atoms with van der Waals surface area (Å²) in [6, 6.07) is 6.62. The van der Waals surface area contributed by atoms with Crippen molar-refractivity contribution in [3.8, 4) is 11.5 Å². The zero-order chi connectivity index (χ0) is 13.9. The van der Waals surface area contributed by atoms with Gasteiger partial charge < -0.3 is 10.1 Å². The van der Waals surface area contributed by atoms with Crippen molar-refractivity contribution in [3.05, 3.63) is 48.3 Å². The van der Waals surface area contributed by atoms with E-state index in [2.05, 4.69) is 10.3 Å². The summed E-state index contributed by atoms with van der Waals surface area (Å²) in [6.07, 6.45) is -1.55. The number of halogens is 3. The predicted molar refractivity (Wildman–Crippen MR) is 65.3 cm³/mol. The van der Waals surface area contributed by atoms with Crippen LogP contribution < -0.4 is 10.1 Å². The number of aromatic nitrogens is 1. The summed E-state index contributed by atoms with van der Waals surface area (Å²) in [7, 11) is 1.68. The van der Waals surface area contributed by atoms with Crippen LogP contribution in [-0.4, -0.2) is 12.0 Å². The number of hydrogen-bond donors (Lipinski definition) is 1. The smallest absolute Gasteiger partial charge is 0.419 e. The predicted octanol–water partition coefficient (Wildman–Crippen LogP) is 3.93. The Balaban J connectivity index is 2.33. The Kier molecular flexibility index (Phi) is 3.59. The van der Waals surface area contributed by atoms with Crippen molar-refractivity contribution >= 4 is 5.69 Å². The molecule has 0 fully saturated rings. The van der Waals surface area contributed by atoms with Crippen LogP contribution in [0.15, 0.2) is 42.7 Å². The van der Waals surface area contributed by atoms with Crippen LogP contribution in [0.3, 0.4) is 0 Å². The van der Waals surface area contributed by atoms with Gasteiger partial charge in [-0.3, -0.25) is 4.98 Å². The van der Waals surface area contributed by atoms with Gasteiger partial charge in [0.05, 0.1) is 23.6 Å². The number of pyridine rings is 1. The molecule has 0 aliphatic rings. The lowest BCUT2D eigenvalue weighted by Crippen LogP contribution is -2.06. The summed E-state index contributed by atoms with van der Waals surface area (Å²) in [5.74, 6) is -0.00592. The molecule has 0 unspecified atom stereocenters. The summed E-state index contributed by atoms with van der Waals surface area (Å²) in [6.45, 7) is 0. The highest BCUT2D eigenvalue weighted by atomic mass is 19.4. The van der Waals surface area contributed by atoms with Crippen molar-refractivity contribution in [2.75, 3.05) is 12.4 Å². The molecule has 1 aromatic heterocycles. The molecule has 0 bridgehead atoms. The third-order valence-electron chi connectivity index (χ3n) is 2.42. The SMILES string of the molecule is CNc1cncc(Oc2ccccc2C(F)(F)F)c1. The average molecular weight is 268 g/mol. The molecule has 0 aliphatic carbocycles. The number of anilines is 1. The van der Waals surface area contributed by atoms with Gasteiger partial charge in [0, 0.05) is 13.1 Å². The number of hydrogen-bond acceptors (Lipinski definition) is 3. The van der Waals surface area contributed by atoms with E-state index in [4.69, 9.17) is 4.74 Å². The largest absolute Gasteiger partial charge is 0.455 e. The fourth-order valence-electron chi connectivity index (χ4n) is 1.53. The molecule has 6 heteroatoms. The van der Waals surface area contributed by atoms with E-state index < -0.39 is 11.7 Å². The quantitative estimate of drug-likeness (QED) is 0.915. The summed E-state index contributed by atoms with van der Waals surface area (Å²) < 4.78 is 43.6. The maximum Gasteiger partial charge on any atom is 0.419 e. The van der Waals surface area contributed by atoms with Gasteiger partial charge in [-0.2, -0.15) is 13.2 Å². The molecular weight excluding hydrogens is 257 g/mol. The molecular formula is C13H11F3N2O. The minimum atomic E-state index is -4.45. The van der Waals surface area contributed by atoms with Crippen LogP contribution in [0, 0.1) is 0 Å². The van der Waals surface area contributed by atoms with Gasteiger partial charge in [0.1, 0.15) is 11.5 Å². The molecule has 1 N–H and O–H groups in total. The molecule has 2 aromatic rings. The molecule has 0 spiro atoms. The van der Waals surface area contributed by atoms with Crippen molar-refractivity contribution in [2.24, 2.45) is 0 Å². The first-order valence-corrected chi connectivity index (χ1v) is 5.47. The molecule has 0 radical (unpaired) electrons. The van der Waals surface area contributed by atoms with Crippen LogP contribution in [0.1, 0.15) is 5.56 Å². The molecule has 100 valence electrons. The highest BCUT2D eigenvalue weighted by Gasteiger charge is 2.34. The number of nitrogens with one attached hydrogen (secondary N) is 1. The number of alkyl halides is 3. The van der Waals surface area contributed by atoms with Crippen molar-refractivity contribution in [3.63, 3.8) is 0 Å². The molecule has 0 atom stereocenters. The van der Waals surface area contributed by atoms with Gasteiger partial charge in [0.15, 0.2) is 0 Å². The van der Waals surface area contributed by atoms with Crippen LogP contribution in [-0.2, 0) is 6.18 Å². The third-order valence-corrected chi connectivity index (χ3v) is 2.42. The Morgan fingerprint density at radius 1 is 1.16 bits per heavy atom. The zero-order valence-electron chi connectivity index (χ0n) is 10.0. The molecule has 2 rings (SSSR count). The molecule has 3 nitrogen and oxygen atoms in total. The van der Waals surface area contributed by atoms with Crippen molar-refractivity contribution < 1.29 is 17.9 Å². The fourth-order valence-corrected chi connectivity index (χ4v) is 1.53. The van der Waals surface area contributed by atoms with E-state index >= 15 is 0 Å². The molecule has 0 aliphatic heterocycles. The number of para-hydroxylation sites is 1. The lowest BCUT2D eigenvalue weighted by atomic mass is 10.2. The third kappa shape index (κ3) is 3.15. The second-order valence-electron chi connectivity index (χ2n) is 3.76. The zero-order valence-corrected chi connectivity index (χ0v) is 10.0. The van der Waals surface area contributed by atoms with Crippen LogP contribution in [0.2, 0.25) is 0 Å². The normalized spacial score (nSPS) is 11.2. The molecule has 0 saturated carbocycles. The highest BCUT2D eigenvalue weighted by Crippen LogP contribution is 2.37. The first-order chi connectivity index (χ1) is 9.00. The summed E-state index contributed by atoms with van der Waals surface area (Å²) >= 11 is 0. The summed E-state index contributed by atoms with van der Waals surface area (Å²) in [5, 5.41) is 2.83. The second kappa shape index (κ2) is 5.17. The van der Waals surface area contributed by atoms with Gasteiger partial charge in [-0.05, 0) is 12.1 Å². The Labute approximate surface area is 108 Å². The Morgan fingerprint density at radius 3 is 2.58 bits per heavy atom. The van der Waals surface area contributed by atoms with E-state index in [0.717, 1.165) is 6.07 Å². The van der Waals surface area contributed by atoms with Crippen LogP contribution >= 0.6 is 0 Å². The first kappa shape index (κ1) is 13.2. The van der Waals surface area contributed by atoms with E-state index in [-0.39, 0.29) is 11.5 Å². The van der Waals surface area contributed by atoms with Crippen LogP contribution in [0.5, 0.6) is 11.5 Å². The minimum absolute atomic E-state index is 0.239. The van der Waals surface area contributed by atoms with Gasteiger partial charge >= 0.3 is 6.18 Å². The van der Waals surface area contributed by atoms with E-state index in [9.17, 15) is 13.2 Å². The Bertz CT molecular complexity index is 570. The number of benzene rings is 1. The Hall–Kier alpha value is -2.24. The molecule has 19 heavy (non-hydrogen) atoms. The topological polar surface area (TPSA) is 34.2 Å². The van der Waals surface area contributed by atoms with Gasteiger partial charge in [0.25, 0.3) is 0 Å². The van der Waals surface area contributed by atoms with Gasteiger partial charge in [-0.15, -0.1) is 0 Å². The Morgan fingerprint density at radius 2 is 1.89 bits per heavy atom. The van der Waals surface area contributed by atoms with Crippen LogP contribution in [0.4, 0.5) is 18.9 Å². The van der Waals surface area contributed by atoms with E-state index in [0.29, 0.717) is 5.69 Å². The van der Waals surface area contributed by atoms with E-state index in [1.165, 1.54) is 24.4 Å². The second-order valence-corrected chi connectivity index (χ2v) is 3.76. The first-order valence-electron chi connectivity index (χ1n) is 5.47. The monoisotopic (exact) mass is 268 g/mol. The van der Waals surface area contributed by atoms with Crippen molar-refractivity contribution in [2.45, 2.75) is 6.18 Å². The lowest BCUT2D eigenvalue weighted by Gasteiger charge is -2.13. The molecule has 1 heterocycles. The molecule has 0 amide bonds. The number of rotatable bonds is 3. The van der Waals surface area contributed by atoms with E-state index in [1.807, 2.05) is 0 Å². The number of nitrogens with zero attached hydrogens (tertiary/aromatic N) is 1. The molecule has 1 aromatic carbocycles. The van der Waals surface area contributed by atoms with E-state index in [1.54, 1.807) is 19.3 Å². The summed E-state index contributed by atoms with van der Waals surface area (Å²) in [5.41, 5.74) is -0.160. The van der Waals surface area contributed by atoms with Gasteiger partial charge in [0.2, 0.25) is 0 Å². The maximum atomic E-state index is 12.8. The highest BCUT2D eigenvalue weighted by molar-refractivity contribution is 5.46. The average Bonchev–Trinajstić information content (AvgIpc) is 2.38. The summed E-state index contributed by atoms with van der Waals surface area (Å²) in [4.78, 5) is 3.87. The minimum Gasteiger partial charge on any atom is -0.455 e.